The summed E-state index contributed by atoms with van der Waals surface area (Å²) in [7, 11) is -2.04. The lowest BCUT2D eigenvalue weighted by Gasteiger charge is -2.14. The molecule has 4 rings (SSSR count). The number of rotatable bonds is 10. The van der Waals surface area contributed by atoms with Gasteiger partial charge in [0.1, 0.15) is 12.4 Å². The molecule has 0 atom stereocenters. The summed E-state index contributed by atoms with van der Waals surface area (Å²) in [6.45, 7) is 0.828. The van der Waals surface area contributed by atoms with Crippen molar-refractivity contribution in [2.24, 2.45) is 0 Å². The molecular formula is C26H28N6O4S. The molecule has 3 aromatic carbocycles. The number of benzene rings is 3. The summed E-state index contributed by atoms with van der Waals surface area (Å²) >= 11 is 0. The van der Waals surface area contributed by atoms with Crippen molar-refractivity contribution in [3.05, 3.63) is 84.1 Å². The van der Waals surface area contributed by atoms with Crippen LogP contribution in [0.2, 0.25) is 0 Å². The number of nitrogens with two attached hydrogens (primary N) is 3. The highest BCUT2D eigenvalue weighted by Crippen LogP contribution is 2.29. The quantitative estimate of drug-likeness (QED) is 0.180. The number of methoxy groups -OCH3 is 1. The second-order valence-electron chi connectivity index (χ2n) is 8.17. The van der Waals surface area contributed by atoms with Gasteiger partial charge in [-0.3, -0.25) is 0 Å². The predicted octanol–water partition coefficient (Wildman–Crippen LogP) is 3.15. The van der Waals surface area contributed by atoms with Crippen LogP contribution < -0.4 is 32.0 Å². The molecule has 0 fully saturated rings. The second kappa shape index (κ2) is 11.0. The van der Waals surface area contributed by atoms with Gasteiger partial charge in [-0.25, -0.2) is 13.4 Å². The highest BCUT2D eigenvalue weighted by Gasteiger charge is 2.17. The van der Waals surface area contributed by atoms with E-state index in [2.05, 4.69) is 15.3 Å². The molecule has 0 saturated heterocycles. The SMILES string of the molecule is COc1ccc(Cc2cnc(N)nc2N)cc1OCCNc1ccc(S(=O)(=O)c2ccc(N)cc2)cc1. The van der Waals surface area contributed by atoms with Gasteiger partial charge >= 0.3 is 0 Å². The number of hydrogen-bond acceptors (Lipinski definition) is 10. The topological polar surface area (TPSA) is 168 Å². The highest BCUT2D eigenvalue weighted by atomic mass is 32.2. The van der Waals surface area contributed by atoms with Crippen LogP contribution in [0.3, 0.4) is 0 Å². The van der Waals surface area contributed by atoms with E-state index < -0.39 is 9.84 Å². The van der Waals surface area contributed by atoms with Crippen molar-refractivity contribution in [2.45, 2.75) is 16.2 Å². The zero-order chi connectivity index (χ0) is 26.4. The Morgan fingerprint density at radius 3 is 2.22 bits per heavy atom. The molecule has 0 radical (unpaired) electrons. The third-order valence-corrected chi connectivity index (χ3v) is 7.37. The second-order valence-corrected chi connectivity index (χ2v) is 10.1. The van der Waals surface area contributed by atoms with Gasteiger partial charge in [0.25, 0.3) is 0 Å². The van der Waals surface area contributed by atoms with Crippen LogP contribution in [0.1, 0.15) is 11.1 Å². The molecule has 0 amide bonds. The Kier molecular flexibility index (Phi) is 7.63. The Bertz CT molecular complexity index is 1480. The molecule has 1 heterocycles. The van der Waals surface area contributed by atoms with Crippen molar-refractivity contribution in [1.82, 2.24) is 9.97 Å². The van der Waals surface area contributed by atoms with Crippen molar-refractivity contribution < 1.29 is 17.9 Å². The first-order chi connectivity index (χ1) is 17.8. The van der Waals surface area contributed by atoms with E-state index in [-0.39, 0.29) is 15.7 Å². The van der Waals surface area contributed by atoms with E-state index in [1.54, 1.807) is 49.7 Å². The van der Waals surface area contributed by atoms with E-state index >= 15 is 0 Å². The van der Waals surface area contributed by atoms with Gasteiger partial charge in [-0.2, -0.15) is 4.98 Å². The number of nitrogens with zero attached hydrogens (tertiary/aromatic N) is 2. The summed E-state index contributed by atoms with van der Waals surface area (Å²) in [5.74, 6) is 1.65. The Labute approximate surface area is 215 Å². The van der Waals surface area contributed by atoms with E-state index in [4.69, 9.17) is 26.7 Å². The number of ether oxygens (including phenoxy) is 2. The van der Waals surface area contributed by atoms with E-state index in [0.29, 0.717) is 42.6 Å². The van der Waals surface area contributed by atoms with Crippen LogP contribution in [-0.2, 0) is 16.3 Å². The van der Waals surface area contributed by atoms with Gasteiger partial charge in [0.15, 0.2) is 11.5 Å². The van der Waals surface area contributed by atoms with Gasteiger partial charge in [-0.15, -0.1) is 0 Å². The molecule has 0 aliphatic rings. The molecule has 1 aromatic heterocycles. The maximum Gasteiger partial charge on any atom is 0.221 e. The smallest absolute Gasteiger partial charge is 0.221 e. The molecule has 37 heavy (non-hydrogen) atoms. The Balaban J connectivity index is 1.35. The Morgan fingerprint density at radius 2 is 1.57 bits per heavy atom. The van der Waals surface area contributed by atoms with Gasteiger partial charge in [0.05, 0.1) is 16.9 Å². The molecule has 192 valence electrons. The minimum Gasteiger partial charge on any atom is -0.493 e. The molecular weight excluding hydrogens is 492 g/mol. The number of sulfone groups is 1. The molecule has 10 nitrogen and oxygen atoms in total. The van der Waals surface area contributed by atoms with E-state index in [9.17, 15) is 8.42 Å². The van der Waals surface area contributed by atoms with Gasteiger partial charge < -0.3 is 32.0 Å². The zero-order valence-corrected chi connectivity index (χ0v) is 21.0. The normalized spacial score (nSPS) is 11.2. The average Bonchev–Trinajstić information content (AvgIpc) is 2.89. The van der Waals surface area contributed by atoms with Gasteiger partial charge in [0.2, 0.25) is 15.8 Å². The third kappa shape index (κ3) is 6.19. The van der Waals surface area contributed by atoms with E-state index in [1.807, 2.05) is 18.2 Å². The fraction of sp³-hybridized carbons (Fsp3) is 0.154. The van der Waals surface area contributed by atoms with Crippen molar-refractivity contribution in [3.63, 3.8) is 0 Å². The maximum absolute atomic E-state index is 12.8. The van der Waals surface area contributed by atoms with Crippen molar-refractivity contribution in [3.8, 4) is 11.5 Å². The lowest BCUT2D eigenvalue weighted by molar-refractivity contribution is 0.305. The first kappa shape index (κ1) is 25.6. The van der Waals surface area contributed by atoms with Gasteiger partial charge in [0, 0.05) is 36.1 Å². The summed E-state index contributed by atoms with van der Waals surface area (Å²) in [5, 5.41) is 3.22. The van der Waals surface area contributed by atoms with E-state index in [1.165, 1.54) is 12.1 Å². The molecule has 11 heteroatoms. The molecule has 0 spiro atoms. The highest BCUT2D eigenvalue weighted by molar-refractivity contribution is 7.91. The summed E-state index contributed by atoms with van der Waals surface area (Å²) < 4.78 is 37.0. The summed E-state index contributed by atoms with van der Waals surface area (Å²) in [5.41, 5.74) is 20.2. The van der Waals surface area contributed by atoms with Gasteiger partial charge in [-0.1, -0.05) is 6.07 Å². The van der Waals surface area contributed by atoms with E-state index in [0.717, 1.165) is 16.8 Å². The maximum atomic E-state index is 12.8. The number of anilines is 4. The standard InChI is InChI=1S/C26H28N6O4S/c1-35-23-11-2-17(14-18-16-31-26(29)32-25(18)28)15-24(23)36-13-12-30-20-5-9-22(10-6-20)37(33,34)21-7-3-19(27)4-8-21/h2-11,15-16,30H,12-14,27H2,1H3,(H4,28,29,31,32). The average molecular weight is 521 g/mol. The molecule has 0 aliphatic heterocycles. The Hall–Kier alpha value is -4.51. The number of nitrogens with one attached hydrogen (secondary N) is 1. The molecule has 0 bridgehead atoms. The summed E-state index contributed by atoms with van der Waals surface area (Å²) in [4.78, 5) is 8.39. The van der Waals surface area contributed by atoms with Crippen LogP contribution in [0.15, 0.2) is 82.7 Å². The zero-order valence-electron chi connectivity index (χ0n) is 20.2. The molecule has 4 aromatic rings. The number of hydrogen-bond donors (Lipinski definition) is 4. The lowest BCUT2D eigenvalue weighted by atomic mass is 10.1. The lowest BCUT2D eigenvalue weighted by Crippen LogP contribution is -2.12. The monoisotopic (exact) mass is 520 g/mol. The van der Waals surface area contributed by atoms with Crippen molar-refractivity contribution in [1.29, 1.82) is 0 Å². The predicted molar refractivity (Wildman–Crippen MR) is 143 cm³/mol. The van der Waals surface area contributed by atoms with Crippen LogP contribution in [0.25, 0.3) is 0 Å². The largest absolute Gasteiger partial charge is 0.493 e. The van der Waals surface area contributed by atoms with Crippen LogP contribution in [0.5, 0.6) is 11.5 Å². The van der Waals surface area contributed by atoms with Crippen LogP contribution >= 0.6 is 0 Å². The first-order valence-corrected chi connectivity index (χ1v) is 12.9. The van der Waals surface area contributed by atoms with Crippen molar-refractivity contribution in [2.75, 3.05) is 42.8 Å². The molecule has 0 unspecified atom stereocenters. The molecule has 7 N–H and O–H groups in total. The van der Waals surface area contributed by atoms with Crippen molar-refractivity contribution >= 4 is 33.0 Å². The van der Waals surface area contributed by atoms with Crippen LogP contribution in [0.4, 0.5) is 23.1 Å². The molecule has 0 aliphatic carbocycles. The van der Waals surface area contributed by atoms with Crippen LogP contribution in [0, 0.1) is 0 Å². The fourth-order valence-corrected chi connectivity index (χ4v) is 4.89. The molecule has 0 saturated carbocycles. The van der Waals surface area contributed by atoms with Gasteiger partial charge in [-0.05, 0) is 66.2 Å². The summed E-state index contributed by atoms with van der Waals surface area (Å²) in [6, 6.07) is 18.3. The minimum absolute atomic E-state index is 0.130. The minimum atomic E-state index is -3.62. The summed E-state index contributed by atoms with van der Waals surface area (Å²) in [6.07, 6.45) is 2.12. The number of aromatic nitrogens is 2. The Morgan fingerprint density at radius 1 is 0.892 bits per heavy atom. The first-order valence-electron chi connectivity index (χ1n) is 11.4. The fourth-order valence-electron chi connectivity index (χ4n) is 3.63. The van der Waals surface area contributed by atoms with Crippen LogP contribution in [-0.4, -0.2) is 38.6 Å². The number of nitrogen functional groups attached to an aromatic ring is 3. The third-order valence-electron chi connectivity index (χ3n) is 5.58.